The predicted octanol–water partition coefficient (Wildman–Crippen LogP) is 3.50. The van der Waals surface area contributed by atoms with Crippen molar-refractivity contribution < 1.29 is 0 Å². The summed E-state index contributed by atoms with van der Waals surface area (Å²) in [5.74, 6) is 0.527. The number of nitrogen functional groups attached to an aromatic ring is 1. The fourth-order valence-electron chi connectivity index (χ4n) is 0.957. The van der Waals surface area contributed by atoms with Gasteiger partial charge in [-0.15, -0.1) is 11.3 Å². The molecule has 0 saturated carbocycles. The van der Waals surface area contributed by atoms with Crippen LogP contribution in [0.1, 0.15) is 31.7 Å². The first kappa shape index (κ1) is 8.88. The Morgan fingerprint density at radius 1 is 1.73 bits per heavy atom. The third-order valence-electron chi connectivity index (χ3n) is 1.96. The largest absolute Gasteiger partial charge is 0.397 e. The van der Waals surface area contributed by atoms with Gasteiger partial charge in [-0.05, 0) is 23.3 Å². The first-order valence-electron chi connectivity index (χ1n) is 3.69. The summed E-state index contributed by atoms with van der Waals surface area (Å²) in [5.41, 5.74) is 7.72. The molecule has 11 heavy (non-hydrogen) atoms. The Labute approximate surface area is 76.2 Å². The fourth-order valence-corrected chi connectivity index (χ4v) is 2.03. The standard InChI is InChI=1S/C8H12ClNS/c1-3-5(2)6-4-11-8(9)7(6)10/h4-5H,3,10H2,1-2H3. The molecule has 2 N–H and O–H groups in total. The highest BCUT2D eigenvalue weighted by molar-refractivity contribution is 7.15. The van der Waals surface area contributed by atoms with E-state index < -0.39 is 0 Å². The zero-order chi connectivity index (χ0) is 8.43. The average molecular weight is 190 g/mol. The molecule has 1 aromatic rings. The maximum absolute atomic E-state index is 5.82. The van der Waals surface area contributed by atoms with E-state index in [9.17, 15) is 0 Å². The van der Waals surface area contributed by atoms with E-state index in [1.807, 2.05) is 5.38 Å². The molecular formula is C8H12ClNS. The lowest BCUT2D eigenvalue weighted by atomic mass is 10.0. The molecule has 1 unspecified atom stereocenters. The smallest absolute Gasteiger partial charge is 0.116 e. The molecule has 0 aliphatic carbocycles. The second-order valence-electron chi connectivity index (χ2n) is 2.69. The van der Waals surface area contributed by atoms with Crippen LogP contribution < -0.4 is 5.73 Å². The Morgan fingerprint density at radius 2 is 2.36 bits per heavy atom. The normalized spacial score (nSPS) is 13.4. The molecule has 62 valence electrons. The molecule has 0 amide bonds. The number of hydrogen-bond donors (Lipinski definition) is 1. The molecule has 0 aliphatic heterocycles. The number of halogens is 1. The number of thiophene rings is 1. The van der Waals surface area contributed by atoms with Gasteiger partial charge in [-0.3, -0.25) is 0 Å². The molecule has 0 fully saturated rings. The van der Waals surface area contributed by atoms with Crippen LogP contribution >= 0.6 is 22.9 Å². The van der Waals surface area contributed by atoms with Crippen molar-refractivity contribution in [1.82, 2.24) is 0 Å². The molecule has 1 nitrogen and oxygen atoms in total. The molecule has 1 heterocycles. The van der Waals surface area contributed by atoms with Crippen molar-refractivity contribution in [3.8, 4) is 0 Å². The minimum atomic E-state index is 0.527. The second-order valence-corrected chi connectivity index (χ2v) is 4.17. The summed E-state index contributed by atoms with van der Waals surface area (Å²) < 4.78 is 0.723. The van der Waals surface area contributed by atoms with Crippen LogP contribution in [0.25, 0.3) is 0 Å². The van der Waals surface area contributed by atoms with Gasteiger partial charge in [-0.1, -0.05) is 25.4 Å². The van der Waals surface area contributed by atoms with Crippen LogP contribution in [0.3, 0.4) is 0 Å². The van der Waals surface area contributed by atoms with Crippen molar-refractivity contribution >= 4 is 28.6 Å². The Bertz CT molecular complexity index is 244. The average Bonchev–Trinajstić information content (AvgIpc) is 2.32. The number of hydrogen-bond acceptors (Lipinski definition) is 2. The molecule has 0 saturated heterocycles. The lowest BCUT2D eigenvalue weighted by molar-refractivity contribution is 0.739. The van der Waals surface area contributed by atoms with Crippen LogP contribution in [0.15, 0.2) is 5.38 Å². The highest BCUT2D eigenvalue weighted by Crippen LogP contribution is 2.35. The van der Waals surface area contributed by atoms with Crippen molar-refractivity contribution in [3.63, 3.8) is 0 Å². The Morgan fingerprint density at radius 3 is 2.73 bits per heavy atom. The van der Waals surface area contributed by atoms with Crippen LogP contribution in [0.5, 0.6) is 0 Å². The Hall–Kier alpha value is -0.210. The van der Waals surface area contributed by atoms with Crippen LogP contribution in [0, 0.1) is 0 Å². The SMILES string of the molecule is CCC(C)c1csc(Cl)c1N. The van der Waals surface area contributed by atoms with Crippen molar-refractivity contribution in [1.29, 1.82) is 0 Å². The minimum Gasteiger partial charge on any atom is -0.397 e. The van der Waals surface area contributed by atoms with Crippen LogP contribution in [-0.4, -0.2) is 0 Å². The topological polar surface area (TPSA) is 26.0 Å². The van der Waals surface area contributed by atoms with Gasteiger partial charge in [0.05, 0.1) is 5.69 Å². The molecule has 0 spiro atoms. The summed E-state index contributed by atoms with van der Waals surface area (Å²) in [4.78, 5) is 0. The highest BCUT2D eigenvalue weighted by atomic mass is 35.5. The minimum absolute atomic E-state index is 0.527. The third-order valence-corrected chi connectivity index (χ3v) is 3.22. The van der Waals surface area contributed by atoms with Gasteiger partial charge in [0.25, 0.3) is 0 Å². The maximum Gasteiger partial charge on any atom is 0.116 e. The summed E-state index contributed by atoms with van der Waals surface area (Å²) in [6, 6.07) is 0. The lowest BCUT2D eigenvalue weighted by Gasteiger charge is -2.06. The lowest BCUT2D eigenvalue weighted by Crippen LogP contribution is -1.94. The molecule has 1 atom stereocenters. The molecule has 0 aromatic carbocycles. The Kier molecular flexibility index (Phi) is 2.79. The third kappa shape index (κ3) is 1.68. The van der Waals surface area contributed by atoms with Gasteiger partial charge in [0.2, 0.25) is 0 Å². The number of rotatable bonds is 2. The van der Waals surface area contributed by atoms with E-state index in [0.717, 1.165) is 16.4 Å². The number of nitrogens with two attached hydrogens (primary N) is 1. The highest BCUT2D eigenvalue weighted by Gasteiger charge is 2.11. The van der Waals surface area contributed by atoms with Gasteiger partial charge in [-0.25, -0.2) is 0 Å². The van der Waals surface area contributed by atoms with E-state index in [0.29, 0.717) is 5.92 Å². The molecule has 1 rings (SSSR count). The zero-order valence-corrected chi connectivity index (χ0v) is 8.30. The van der Waals surface area contributed by atoms with Crippen molar-refractivity contribution in [3.05, 3.63) is 15.3 Å². The maximum atomic E-state index is 5.82. The van der Waals surface area contributed by atoms with Crippen LogP contribution in [-0.2, 0) is 0 Å². The van der Waals surface area contributed by atoms with Gasteiger partial charge < -0.3 is 5.73 Å². The Balaban J connectivity index is 2.94. The van der Waals surface area contributed by atoms with Gasteiger partial charge in [0.15, 0.2) is 0 Å². The van der Waals surface area contributed by atoms with E-state index >= 15 is 0 Å². The van der Waals surface area contributed by atoms with Gasteiger partial charge in [-0.2, -0.15) is 0 Å². The summed E-state index contributed by atoms with van der Waals surface area (Å²) in [5, 5.41) is 2.05. The molecular weight excluding hydrogens is 178 g/mol. The van der Waals surface area contributed by atoms with E-state index in [4.69, 9.17) is 17.3 Å². The van der Waals surface area contributed by atoms with E-state index in [2.05, 4.69) is 13.8 Å². The predicted molar refractivity (Wildman–Crippen MR) is 52.4 cm³/mol. The van der Waals surface area contributed by atoms with E-state index in [1.165, 1.54) is 16.9 Å². The van der Waals surface area contributed by atoms with Gasteiger partial charge >= 0.3 is 0 Å². The quantitative estimate of drug-likeness (QED) is 0.758. The van der Waals surface area contributed by atoms with Crippen molar-refractivity contribution in [2.45, 2.75) is 26.2 Å². The van der Waals surface area contributed by atoms with Gasteiger partial charge in [0, 0.05) is 0 Å². The van der Waals surface area contributed by atoms with E-state index in [-0.39, 0.29) is 0 Å². The summed E-state index contributed by atoms with van der Waals surface area (Å²) >= 11 is 7.34. The molecule has 0 aliphatic rings. The van der Waals surface area contributed by atoms with Crippen LogP contribution in [0.4, 0.5) is 5.69 Å². The summed E-state index contributed by atoms with van der Waals surface area (Å²) in [6.07, 6.45) is 1.11. The van der Waals surface area contributed by atoms with Gasteiger partial charge in [0.1, 0.15) is 4.34 Å². The zero-order valence-electron chi connectivity index (χ0n) is 6.73. The first-order valence-corrected chi connectivity index (χ1v) is 4.95. The van der Waals surface area contributed by atoms with E-state index in [1.54, 1.807) is 0 Å². The van der Waals surface area contributed by atoms with Crippen molar-refractivity contribution in [2.75, 3.05) is 5.73 Å². The van der Waals surface area contributed by atoms with Crippen LogP contribution in [0.2, 0.25) is 4.34 Å². The fraction of sp³-hybridized carbons (Fsp3) is 0.500. The first-order chi connectivity index (χ1) is 5.16. The number of anilines is 1. The molecule has 0 radical (unpaired) electrons. The second kappa shape index (κ2) is 3.46. The molecule has 3 heteroatoms. The van der Waals surface area contributed by atoms with Crippen molar-refractivity contribution in [2.24, 2.45) is 0 Å². The monoisotopic (exact) mass is 189 g/mol. The summed E-state index contributed by atoms with van der Waals surface area (Å²) in [7, 11) is 0. The molecule has 1 aromatic heterocycles. The summed E-state index contributed by atoms with van der Waals surface area (Å²) in [6.45, 7) is 4.31. The molecule has 0 bridgehead atoms.